The molecule has 0 aromatic heterocycles. The molecular weight excluding hydrogens is 182 g/mol. The van der Waals surface area contributed by atoms with Gasteiger partial charge >= 0.3 is 0 Å². The number of nitrogen functional groups attached to an aromatic ring is 1. The predicted molar refractivity (Wildman–Crippen MR) is 60.3 cm³/mol. The second kappa shape index (κ2) is 3.67. The van der Waals surface area contributed by atoms with Gasteiger partial charge in [0.1, 0.15) is 0 Å². The van der Waals surface area contributed by atoms with Crippen LogP contribution in [0.5, 0.6) is 0 Å². The molecule has 0 fully saturated rings. The molecule has 0 aliphatic rings. The molecule has 0 saturated carbocycles. The summed E-state index contributed by atoms with van der Waals surface area (Å²) in [7, 11) is 0. The highest BCUT2D eigenvalue weighted by Gasteiger charge is 1.95. The minimum absolute atomic E-state index is 0. The molecular formula is C11H12ClN. The Morgan fingerprint density at radius 3 is 2.62 bits per heavy atom. The fraction of sp³-hybridized carbons (Fsp3) is 0.0909. The summed E-state index contributed by atoms with van der Waals surface area (Å²) in [6.07, 6.45) is 0. The number of halogens is 1. The van der Waals surface area contributed by atoms with E-state index < -0.39 is 0 Å². The van der Waals surface area contributed by atoms with E-state index in [4.69, 9.17) is 5.73 Å². The lowest BCUT2D eigenvalue weighted by molar-refractivity contribution is 1.51. The van der Waals surface area contributed by atoms with Crippen LogP contribution < -0.4 is 5.73 Å². The molecule has 1 nitrogen and oxygen atoms in total. The first-order chi connectivity index (χ1) is 5.77. The Labute approximate surface area is 84.0 Å². The third-order valence-corrected chi connectivity index (χ3v) is 2.07. The Morgan fingerprint density at radius 1 is 1.08 bits per heavy atom. The SMILES string of the molecule is Cc1ccc2c(N)cccc2c1.Cl. The van der Waals surface area contributed by atoms with E-state index in [-0.39, 0.29) is 12.4 Å². The van der Waals surface area contributed by atoms with Gasteiger partial charge in [-0.05, 0) is 18.4 Å². The maximum absolute atomic E-state index is 5.81. The standard InChI is InChI=1S/C11H11N.ClH/c1-8-5-6-10-9(7-8)3-2-4-11(10)12;/h2-7H,12H2,1H3;1H. The molecule has 2 aromatic carbocycles. The number of fused-ring (bicyclic) bond motifs is 1. The molecule has 13 heavy (non-hydrogen) atoms. The van der Waals surface area contributed by atoms with Crippen molar-refractivity contribution in [3.63, 3.8) is 0 Å². The van der Waals surface area contributed by atoms with E-state index in [1.807, 2.05) is 12.1 Å². The summed E-state index contributed by atoms with van der Waals surface area (Å²) in [5.74, 6) is 0. The lowest BCUT2D eigenvalue weighted by Crippen LogP contribution is -1.85. The lowest BCUT2D eigenvalue weighted by Gasteiger charge is -2.01. The van der Waals surface area contributed by atoms with Gasteiger partial charge in [-0.25, -0.2) is 0 Å². The first-order valence-electron chi connectivity index (χ1n) is 4.02. The predicted octanol–water partition coefficient (Wildman–Crippen LogP) is 3.15. The van der Waals surface area contributed by atoms with Crippen LogP contribution in [0.3, 0.4) is 0 Å². The second-order valence-corrected chi connectivity index (χ2v) is 3.07. The first-order valence-corrected chi connectivity index (χ1v) is 4.02. The number of benzene rings is 2. The van der Waals surface area contributed by atoms with Crippen molar-refractivity contribution in [1.29, 1.82) is 0 Å². The number of aryl methyl sites for hydroxylation is 1. The van der Waals surface area contributed by atoms with Gasteiger partial charge in [0.2, 0.25) is 0 Å². The third kappa shape index (κ3) is 1.76. The van der Waals surface area contributed by atoms with Gasteiger partial charge in [-0.2, -0.15) is 0 Å². The zero-order valence-electron chi connectivity index (χ0n) is 7.45. The molecule has 0 heterocycles. The van der Waals surface area contributed by atoms with Gasteiger partial charge in [-0.15, -0.1) is 12.4 Å². The Balaban J connectivity index is 0.000000845. The molecule has 0 aliphatic carbocycles. The van der Waals surface area contributed by atoms with Gasteiger partial charge in [0.05, 0.1) is 0 Å². The average molecular weight is 194 g/mol. The second-order valence-electron chi connectivity index (χ2n) is 3.07. The van der Waals surface area contributed by atoms with Crippen LogP contribution in [-0.4, -0.2) is 0 Å². The van der Waals surface area contributed by atoms with Gasteiger partial charge in [0.15, 0.2) is 0 Å². The van der Waals surface area contributed by atoms with Crippen molar-refractivity contribution in [2.45, 2.75) is 6.92 Å². The summed E-state index contributed by atoms with van der Waals surface area (Å²) in [6, 6.07) is 12.3. The van der Waals surface area contributed by atoms with Crippen molar-refractivity contribution in [2.75, 3.05) is 5.73 Å². The van der Waals surface area contributed by atoms with Crippen LogP contribution >= 0.6 is 12.4 Å². The molecule has 0 spiro atoms. The molecule has 2 rings (SSSR count). The van der Waals surface area contributed by atoms with E-state index in [1.54, 1.807) is 0 Å². The fourth-order valence-electron chi connectivity index (χ4n) is 1.43. The number of hydrogen-bond donors (Lipinski definition) is 1. The van der Waals surface area contributed by atoms with Crippen molar-refractivity contribution in [1.82, 2.24) is 0 Å². The smallest absolute Gasteiger partial charge is 0.0393 e. The zero-order chi connectivity index (χ0) is 8.55. The zero-order valence-corrected chi connectivity index (χ0v) is 8.27. The van der Waals surface area contributed by atoms with Crippen LogP contribution in [0.4, 0.5) is 5.69 Å². The quantitative estimate of drug-likeness (QED) is 0.640. The molecule has 0 amide bonds. The number of anilines is 1. The summed E-state index contributed by atoms with van der Waals surface area (Å²) in [4.78, 5) is 0. The Bertz CT molecular complexity index is 423. The molecule has 68 valence electrons. The highest BCUT2D eigenvalue weighted by molar-refractivity contribution is 5.93. The van der Waals surface area contributed by atoms with Crippen LogP contribution in [0, 0.1) is 6.92 Å². The van der Waals surface area contributed by atoms with Crippen molar-refractivity contribution in [3.8, 4) is 0 Å². The summed E-state index contributed by atoms with van der Waals surface area (Å²) in [6.45, 7) is 2.09. The molecule has 2 aromatic rings. The van der Waals surface area contributed by atoms with Gasteiger partial charge < -0.3 is 5.73 Å². The highest BCUT2D eigenvalue weighted by atomic mass is 35.5. The molecule has 0 radical (unpaired) electrons. The molecule has 0 saturated heterocycles. The monoisotopic (exact) mass is 193 g/mol. The first kappa shape index (κ1) is 9.87. The molecule has 0 unspecified atom stereocenters. The van der Waals surface area contributed by atoms with Crippen LogP contribution in [0.15, 0.2) is 36.4 Å². The molecule has 0 atom stereocenters. The number of nitrogens with two attached hydrogens (primary N) is 1. The Morgan fingerprint density at radius 2 is 1.85 bits per heavy atom. The van der Waals surface area contributed by atoms with Crippen LogP contribution in [0.2, 0.25) is 0 Å². The third-order valence-electron chi connectivity index (χ3n) is 2.07. The van der Waals surface area contributed by atoms with Gasteiger partial charge in [-0.1, -0.05) is 35.9 Å². The minimum Gasteiger partial charge on any atom is -0.398 e. The van der Waals surface area contributed by atoms with Crippen LogP contribution in [0.1, 0.15) is 5.56 Å². The highest BCUT2D eigenvalue weighted by Crippen LogP contribution is 2.21. The fourth-order valence-corrected chi connectivity index (χ4v) is 1.43. The summed E-state index contributed by atoms with van der Waals surface area (Å²) < 4.78 is 0. The van der Waals surface area contributed by atoms with Crippen molar-refractivity contribution >= 4 is 28.9 Å². The number of hydrogen-bond acceptors (Lipinski definition) is 1. The molecule has 2 heteroatoms. The van der Waals surface area contributed by atoms with Crippen molar-refractivity contribution < 1.29 is 0 Å². The largest absolute Gasteiger partial charge is 0.398 e. The van der Waals surface area contributed by atoms with Gasteiger partial charge in [0.25, 0.3) is 0 Å². The average Bonchev–Trinajstić information content (AvgIpc) is 2.04. The topological polar surface area (TPSA) is 26.0 Å². The number of rotatable bonds is 0. The van der Waals surface area contributed by atoms with Crippen molar-refractivity contribution in [2.24, 2.45) is 0 Å². The summed E-state index contributed by atoms with van der Waals surface area (Å²) in [5, 5.41) is 2.36. The van der Waals surface area contributed by atoms with E-state index in [0.29, 0.717) is 0 Å². The van der Waals surface area contributed by atoms with E-state index in [1.165, 1.54) is 10.9 Å². The molecule has 2 N–H and O–H groups in total. The lowest BCUT2D eigenvalue weighted by atomic mass is 10.1. The van der Waals surface area contributed by atoms with Crippen LogP contribution in [-0.2, 0) is 0 Å². The van der Waals surface area contributed by atoms with E-state index in [9.17, 15) is 0 Å². The van der Waals surface area contributed by atoms with Crippen molar-refractivity contribution in [3.05, 3.63) is 42.0 Å². The van der Waals surface area contributed by atoms with E-state index in [2.05, 4.69) is 31.2 Å². The van der Waals surface area contributed by atoms with Crippen LogP contribution in [0.25, 0.3) is 10.8 Å². The Hall–Kier alpha value is -1.21. The Kier molecular flexibility index (Phi) is 2.79. The van der Waals surface area contributed by atoms with E-state index in [0.717, 1.165) is 11.1 Å². The summed E-state index contributed by atoms with van der Waals surface area (Å²) >= 11 is 0. The summed E-state index contributed by atoms with van der Waals surface area (Å²) in [5.41, 5.74) is 7.93. The van der Waals surface area contributed by atoms with E-state index >= 15 is 0 Å². The maximum Gasteiger partial charge on any atom is 0.0393 e. The van der Waals surface area contributed by atoms with Gasteiger partial charge in [0, 0.05) is 11.1 Å². The minimum atomic E-state index is 0. The normalized spacial score (nSPS) is 9.62. The molecule has 0 bridgehead atoms. The molecule has 0 aliphatic heterocycles. The van der Waals surface area contributed by atoms with Gasteiger partial charge in [-0.3, -0.25) is 0 Å². The maximum atomic E-state index is 5.81.